The van der Waals surface area contributed by atoms with Crippen LogP contribution in [-0.2, 0) is 4.74 Å². The summed E-state index contributed by atoms with van der Waals surface area (Å²) in [6.45, 7) is 0.626. The first-order valence-electron chi connectivity index (χ1n) is 4.42. The zero-order chi connectivity index (χ0) is 7.94. The number of hydrogen-bond donors (Lipinski definition) is 0. The molecule has 1 fully saturated rings. The second-order valence-electron chi connectivity index (χ2n) is 3.04. The van der Waals surface area contributed by atoms with E-state index in [9.17, 15) is 0 Å². The molecule has 0 aliphatic heterocycles. The highest BCUT2D eigenvalue weighted by Gasteiger charge is 2.12. The van der Waals surface area contributed by atoms with E-state index in [1.165, 1.54) is 32.1 Å². The molecule has 0 saturated heterocycles. The lowest BCUT2D eigenvalue weighted by Crippen LogP contribution is -2.16. The van der Waals surface area contributed by atoms with Gasteiger partial charge in [0.25, 0.3) is 0 Å². The van der Waals surface area contributed by atoms with Crippen LogP contribution in [-0.4, -0.2) is 12.7 Å². The van der Waals surface area contributed by atoms with Crippen molar-refractivity contribution in [2.45, 2.75) is 44.6 Å². The van der Waals surface area contributed by atoms with Gasteiger partial charge in [0.1, 0.15) is 0 Å². The van der Waals surface area contributed by atoms with Crippen molar-refractivity contribution in [1.29, 1.82) is 5.26 Å². The molecule has 1 saturated carbocycles. The van der Waals surface area contributed by atoms with Gasteiger partial charge < -0.3 is 4.74 Å². The molecule has 1 aliphatic rings. The van der Waals surface area contributed by atoms with Crippen molar-refractivity contribution in [1.82, 2.24) is 0 Å². The zero-order valence-corrected chi connectivity index (χ0v) is 6.88. The normalized spacial score (nSPS) is 19.5. The average molecular weight is 153 g/mol. The second kappa shape index (κ2) is 5.15. The van der Waals surface area contributed by atoms with Crippen LogP contribution in [0.3, 0.4) is 0 Å². The molecule has 1 rings (SSSR count). The van der Waals surface area contributed by atoms with Crippen LogP contribution in [0.5, 0.6) is 0 Å². The van der Waals surface area contributed by atoms with Gasteiger partial charge in [-0.1, -0.05) is 19.3 Å². The van der Waals surface area contributed by atoms with Crippen molar-refractivity contribution in [3.05, 3.63) is 0 Å². The maximum absolute atomic E-state index is 8.27. The molecule has 1 aliphatic carbocycles. The smallest absolute Gasteiger partial charge is 0.0645 e. The Bertz CT molecular complexity index is 133. The molecule has 0 amide bonds. The summed E-state index contributed by atoms with van der Waals surface area (Å²) >= 11 is 0. The summed E-state index contributed by atoms with van der Waals surface area (Å²) in [5, 5.41) is 8.27. The predicted molar refractivity (Wildman–Crippen MR) is 43.1 cm³/mol. The van der Waals surface area contributed by atoms with Gasteiger partial charge >= 0.3 is 0 Å². The quantitative estimate of drug-likeness (QED) is 0.582. The first-order chi connectivity index (χ1) is 5.43. The summed E-state index contributed by atoms with van der Waals surface area (Å²) in [5.74, 6) is 0. The number of nitrogens with zero attached hydrogens (tertiary/aromatic N) is 1. The Hall–Kier alpha value is -0.550. The van der Waals surface area contributed by atoms with Gasteiger partial charge in [0.15, 0.2) is 0 Å². The Morgan fingerprint density at radius 2 is 2.00 bits per heavy atom. The summed E-state index contributed by atoms with van der Waals surface area (Å²) in [7, 11) is 0. The van der Waals surface area contributed by atoms with Crippen molar-refractivity contribution >= 4 is 0 Å². The third-order valence-electron chi connectivity index (χ3n) is 2.12. The van der Waals surface area contributed by atoms with Crippen LogP contribution in [0.15, 0.2) is 0 Å². The molecule has 0 bridgehead atoms. The van der Waals surface area contributed by atoms with Crippen LogP contribution in [0.25, 0.3) is 0 Å². The minimum atomic E-state index is 0.456. The van der Waals surface area contributed by atoms with Gasteiger partial charge in [-0.15, -0.1) is 0 Å². The number of nitriles is 1. The minimum absolute atomic E-state index is 0.456. The standard InChI is InChI=1S/C9H15NO/c10-7-4-8-11-9-5-2-1-3-6-9/h9H,1-6,8H2. The van der Waals surface area contributed by atoms with E-state index in [1.807, 2.05) is 0 Å². The first-order valence-corrected chi connectivity index (χ1v) is 4.42. The minimum Gasteiger partial charge on any atom is -0.377 e. The Kier molecular flexibility index (Phi) is 4.00. The summed E-state index contributed by atoms with van der Waals surface area (Å²) in [6, 6.07) is 2.08. The molecule has 62 valence electrons. The number of ether oxygens (including phenoxy) is 1. The SMILES string of the molecule is N#CCCOC1CCCCC1. The lowest BCUT2D eigenvalue weighted by atomic mass is 9.98. The van der Waals surface area contributed by atoms with Crippen LogP contribution < -0.4 is 0 Å². The van der Waals surface area contributed by atoms with Crippen molar-refractivity contribution in [2.24, 2.45) is 0 Å². The van der Waals surface area contributed by atoms with Gasteiger partial charge in [0.2, 0.25) is 0 Å². The average Bonchev–Trinajstić information content (AvgIpc) is 2.07. The number of hydrogen-bond acceptors (Lipinski definition) is 2. The molecular weight excluding hydrogens is 138 g/mol. The van der Waals surface area contributed by atoms with E-state index in [-0.39, 0.29) is 0 Å². The molecule has 0 aromatic heterocycles. The third-order valence-corrected chi connectivity index (χ3v) is 2.12. The molecule has 11 heavy (non-hydrogen) atoms. The van der Waals surface area contributed by atoms with E-state index in [2.05, 4.69) is 6.07 Å². The van der Waals surface area contributed by atoms with E-state index in [0.29, 0.717) is 19.1 Å². The lowest BCUT2D eigenvalue weighted by Gasteiger charge is -2.21. The van der Waals surface area contributed by atoms with Crippen molar-refractivity contribution < 1.29 is 4.74 Å². The van der Waals surface area contributed by atoms with Crippen molar-refractivity contribution in [3.63, 3.8) is 0 Å². The maximum atomic E-state index is 8.27. The number of rotatable bonds is 3. The van der Waals surface area contributed by atoms with E-state index in [4.69, 9.17) is 10.00 Å². The van der Waals surface area contributed by atoms with Crippen LogP contribution >= 0.6 is 0 Å². The molecule has 2 nitrogen and oxygen atoms in total. The molecular formula is C9H15NO. The van der Waals surface area contributed by atoms with Gasteiger partial charge in [-0.2, -0.15) is 5.26 Å². The van der Waals surface area contributed by atoms with E-state index in [1.54, 1.807) is 0 Å². The second-order valence-corrected chi connectivity index (χ2v) is 3.04. The topological polar surface area (TPSA) is 33.0 Å². The van der Waals surface area contributed by atoms with E-state index >= 15 is 0 Å². The molecule has 2 heteroatoms. The molecule has 0 N–H and O–H groups in total. The fraction of sp³-hybridized carbons (Fsp3) is 0.889. The van der Waals surface area contributed by atoms with Crippen molar-refractivity contribution in [3.8, 4) is 6.07 Å². The molecule has 0 aromatic rings. The largest absolute Gasteiger partial charge is 0.377 e. The Labute approximate surface area is 68.2 Å². The van der Waals surface area contributed by atoms with Crippen LogP contribution in [0.1, 0.15) is 38.5 Å². The van der Waals surface area contributed by atoms with Crippen LogP contribution in [0.2, 0.25) is 0 Å². The van der Waals surface area contributed by atoms with Crippen molar-refractivity contribution in [2.75, 3.05) is 6.61 Å². The first kappa shape index (κ1) is 8.55. The van der Waals surface area contributed by atoms with Gasteiger partial charge in [-0.25, -0.2) is 0 Å². The molecule has 0 aromatic carbocycles. The fourth-order valence-corrected chi connectivity index (χ4v) is 1.50. The lowest BCUT2D eigenvalue weighted by molar-refractivity contribution is 0.0318. The van der Waals surface area contributed by atoms with Gasteiger partial charge in [0.05, 0.1) is 25.2 Å². The Morgan fingerprint density at radius 3 is 2.64 bits per heavy atom. The molecule has 0 radical (unpaired) electrons. The summed E-state index contributed by atoms with van der Waals surface area (Å²) in [5.41, 5.74) is 0. The van der Waals surface area contributed by atoms with E-state index < -0.39 is 0 Å². The predicted octanol–water partition coefficient (Wildman–Crippen LogP) is 2.25. The highest BCUT2D eigenvalue weighted by molar-refractivity contribution is 4.70. The molecule has 0 spiro atoms. The highest BCUT2D eigenvalue weighted by atomic mass is 16.5. The summed E-state index contributed by atoms with van der Waals surface area (Å²) < 4.78 is 5.50. The molecule has 0 heterocycles. The maximum Gasteiger partial charge on any atom is 0.0645 e. The molecule has 0 unspecified atom stereocenters. The van der Waals surface area contributed by atoms with Gasteiger partial charge in [-0.3, -0.25) is 0 Å². The summed E-state index contributed by atoms with van der Waals surface area (Å²) in [6.07, 6.45) is 7.36. The highest BCUT2D eigenvalue weighted by Crippen LogP contribution is 2.20. The Morgan fingerprint density at radius 1 is 1.27 bits per heavy atom. The molecule has 0 atom stereocenters. The third kappa shape index (κ3) is 3.38. The van der Waals surface area contributed by atoms with Gasteiger partial charge in [-0.05, 0) is 12.8 Å². The van der Waals surface area contributed by atoms with Crippen LogP contribution in [0, 0.1) is 11.3 Å². The Balaban J connectivity index is 2.01. The van der Waals surface area contributed by atoms with Gasteiger partial charge in [0, 0.05) is 0 Å². The monoisotopic (exact) mass is 153 g/mol. The summed E-state index contributed by atoms with van der Waals surface area (Å²) in [4.78, 5) is 0. The van der Waals surface area contributed by atoms with Crippen LogP contribution in [0.4, 0.5) is 0 Å². The zero-order valence-electron chi connectivity index (χ0n) is 6.88. The van der Waals surface area contributed by atoms with E-state index in [0.717, 1.165) is 0 Å². The fourth-order valence-electron chi connectivity index (χ4n) is 1.50.